The van der Waals surface area contributed by atoms with Crippen LogP contribution in [-0.2, 0) is 16.0 Å². The van der Waals surface area contributed by atoms with Crippen LogP contribution in [0.5, 0.6) is 5.75 Å². The van der Waals surface area contributed by atoms with E-state index in [1.807, 2.05) is 30.3 Å². The number of anilines is 1. The Kier molecular flexibility index (Phi) is 5.94. The average Bonchev–Trinajstić information content (AvgIpc) is 2.54. The largest absolute Gasteiger partial charge is 0.493 e. The highest BCUT2D eigenvalue weighted by Crippen LogP contribution is 2.17. The molecular formula is C18H17NO4. The van der Waals surface area contributed by atoms with E-state index >= 15 is 0 Å². The second kappa shape index (κ2) is 8.38. The second-order valence-corrected chi connectivity index (χ2v) is 4.77. The Morgan fingerprint density at radius 3 is 2.57 bits per heavy atom. The van der Waals surface area contributed by atoms with Gasteiger partial charge in [-0.3, -0.25) is 4.79 Å². The highest BCUT2D eigenvalue weighted by molar-refractivity contribution is 6.02. The first-order valence-electron chi connectivity index (χ1n) is 7.12. The van der Waals surface area contributed by atoms with E-state index in [2.05, 4.69) is 5.32 Å². The minimum atomic E-state index is -1.17. The van der Waals surface area contributed by atoms with Gasteiger partial charge in [0, 0.05) is 30.3 Å². The lowest BCUT2D eigenvalue weighted by atomic mass is 10.2. The smallest absolute Gasteiger partial charge is 0.328 e. The molecule has 0 radical (unpaired) electrons. The summed E-state index contributed by atoms with van der Waals surface area (Å²) < 4.78 is 5.67. The van der Waals surface area contributed by atoms with E-state index in [9.17, 15) is 9.59 Å². The fourth-order valence-electron chi connectivity index (χ4n) is 1.93. The molecule has 0 saturated heterocycles. The van der Waals surface area contributed by atoms with Crippen molar-refractivity contribution < 1.29 is 19.4 Å². The molecule has 2 aromatic carbocycles. The number of carboxylic acids is 1. The lowest BCUT2D eigenvalue weighted by molar-refractivity contribution is -0.131. The van der Waals surface area contributed by atoms with Crippen molar-refractivity contribution in [3.05, 3.63) is 72.3 Å². The van der Waals surface area contributed by atoms with Crippen LogP contribution in [-0.4, -0.2) is 23.6 Å². The van der Waals surface area contributed by atoms with Crippen LogP contribution in [0.1, 0.15) is 5.56 Å². The maximum absolute atomic E-state index is 11.5. The van der Waals surface area contributed by atoms with E-state index in [4.69, 9.17) is 9.84 Å². The van der Waals surface area contributed by atoms with Gasteiger partial charge in [0.15, 0.2) is 0 Å². The summed E-state index contributed by atoms with van der Waals surface area (Å²) in [6.07, 6.45) is 2.54. The third-order valence-corrected chi connectivity index (χ3v) is 2.98. The van der Waals surface area contributed by atoms with Crippen LogP contribution in [0.2, 0.25) is 0 Å². The number of nitrogens with one attached hydrogen (secondary N) is 1. The zero-order valence-corrected chi connectivity index (χ0v) is 12.4. The first kappa shape index (κ1) is 16.3. The maximum atomic E-state index is 11.5. The van der Waals surface area contributed by atoms with Gasteiger partial charge in [0.2, 0.25) is 5.91 Å². The fourth-order valence-corrected chi connectivity index (χ4v) is 1.93. The van der Waals surface area contributed by atoms with Crippen molar-refractivity contribution in [2.75, 3.05) is 11.9 Å². The zero-order valence-electron chi connectivity index (χ0n) is 12.4. The zero-order chi connectivity index (χ0) is 16.5. The predicted octanol–water partition coefficient (Wildman–Crippen LogP) is 2.89. The van der Waals surface area contributed by atoms with Crippen LogP contribution in [0.4, 0.5) is 5.69 Å². The van der Waals surface area contributed by atoms with Crippen molar-refractivity contribution in [2.45, 2.75) is 6.42 Å². The van der Waals surface area contributed by atoms with Gasteiger partial charge < -0.3 is 15.2 Å². The minimum Gasteiger partial charge on any atom is -0.493 e. The summed E-state index contributed by atoms with van der Waals surface area (Å²) in [7, 11) is 0. The molecule has 118 valence electrons. The first-order valence-corrected chi connectivity index (χ1v) is 7.12. The number of carbonyl (C=O) groups excluding carboxylic acids is 1. The van der Waals surface area contributed by atoms with Gasteiger partial charge in [0.25, 0.3) is 0 Å². The van der Waals surface area contributed by atoms with Crippen molar-refractivity contribution >= 4 is 17.6 Å². The Morgan fingerprint density at radius 1 is 1.04 bits per heavy atom. The summed E-state index contributed by atoms with van der Waals surface area (Å²) in [5, 5.41) is 11.1. The summed E-state index contributed by atoms with van der Waals surface area (Å²) in [6.45, 7) is 0.528. The molecule has 0 fully saturated rings. The van der Waals surface area contributed by atoms with Gasteiger partial charge in [-0.05, 0) is 17.7 Å². The second-order valence-electron chi connectivity index (χ2n) is 4.77. The Bertz CT molecular complexity index is 695. The van der Waals surface area contributed by atoms with Gasteiger partial charge in [-0.15, -0.1) is 0 Å². The number of ether oxygens (including phenoxy) is 1. The van der Waals surface area contributed by atoms with E-state index in [0.29, 0.717) is 18.0 Å². The number of rotatable bonds is 7. The topological polar surface area (TPSA) is 75.6 Å². The number of benzene rings is 2. The van der Waals surface area contributed by atoms with Crippen molar-refractivity contribution in [3.8, 4) is 5.75 Å². The number of carboxylic acid groups (broad SMARTS) is 1. The van der Waals surface area contributed by atoms with Crippen LogP contribution < -0.4 is 10.1 Å². The molecule has 23 heavy (non-hydrogen) atoms. The molecular weight excluding hydrogens is 294 g/mol. The van der Waals surface area contributed by atoms with Crippen LogP contribution in [0.25, 0.3) is 0 Å². The molecule has 0 aliphatic heterocycles. The van der Waals surface area contributed by atoms with E-state index in [0.717, 1.165) is 18.6 Å². The summed E-state index contributed by atoms with van der Waals surface area (Å²) in [5.74, 6) is -1.03. The Morgan fingerprint density at radius 2 is 1.83 bits per heavy atom. The molecule has 5 heteroatoms. The highest BCUT2D eigenvalue weighted by Gasteiger charge is 2.01. The molecule has 0 aliphatic carbocycles. The van der Waals surface area contributed by atoms with E-state index in [1.165, 1.54) is 5.56 Å². The third kappa shape index (κ3) is 6.05. The van der Waals surface area contributed by atoms with Crippen LogP contribution in [0, 0.1) is 0 Å². The lowest BCUT2D eigenvalue weighted by Gasteiger charge is -2.08. The molecule has 0 aliphatic rings. The number of hydrogen-bond donors (Lipinski definition) is 2. The summed E-state index contributed by atoms with van der Waals surface area (Å²) in [6, 6.07) is 17.0. The number of amides is 1. The number of hydrogen-bond acceptors (Lipinski definition) is 3. The van der Waals surface area contributed by atoms with E-state index in [-0.39, 0.29) is 0 Å². The van der Waals surface area contributed by atoms with Crippen molar-refractivity contribution in [3.63, 3.8) is 0 Å². The Hall–Kier alpha value is -3.08. The molecule has 0 bridgehead atoms. The number of aliphatic carboxylic acids is 1. The van der Waals surface area contributed by atoms with Crippen LogP contribution in [0.3, 0.4) is 0 Å². The number of carbonyl (C=O) groups is 2. The predicted molar refractivity (Wildman–Crippen MR) is 87.5 cm³/mol. The summed E-state index contributed by atoms with van der Waals surface area (Å²) >= 11 is 0. The molecule has 0 spiro atoms. The summed E-state index contributed by atoms with van der Waals surface area (Å²) in [4.78, 5) is 21.9. The molecule has 2 aromatic rings. The standard InChI is InChI=1S/C18H17NO4/c20-17(9-10-18(21)22)19-15-7-4-8-16(13-15)23-12-11-14-5-2-1-3-6-14/h1-10,13H,11-12H2,(H,19,20)(H,21,22)/b10-9+. The van der Waals surface area contributed by atoms with Gasteiger partial charge in [-0.2, -0.15) is 0 Å². The van der Waals surface area contributed by atoms with Crippen LogP contribution >= 0.6 is 0 Å². The SMILES string of the molecule is O=C(O)/C=C/C(=O)Nc1cccc(OCCc2ccccc2)c1. The lowest BCUT2D eigenvalue weighted by Crippen LogP contribution is -2.09. The monoisotopic (exact) mass is 311 g/mol. The van der Waals surface area contributed by atoms with Gasteiger partial charge in [-0.25, -0.2) is 4.79 Å². The molecule has 0 atom stereocenters. The fraction of sp³-hybridized carbons (Fsp3) is 0.111. The minimum absolute atomic E-state index is 0.506. The van der Waals surface area contributed by atoms with Crippen LogP contribution in [0.15, 0.2) is 66.7 Å². The highest BCUT2D eigenvalue weighted by atomic mass is 16.5. The van der Waals surface area contributed by atoms with Crippen molar-refractivity contribution in [1.29, 1.82) is 0 Å². The van der Waals surface area contributed by atoms with Crippen molar-refractivity contribution in [2.24, 2.45) is 0 Å². The molecule has 2 N–H and O–H groups in total. The molecule has 0 saturated carbocycles. The average molecular weight is 311 g/mol. The first-order chi connectivity index (χ1) is 11.1. The van der Waals surface area contributed by atoms with E-state index in [1.54, 1.807) is 24.3 Å². The van der Waals surface area contributed by atoms with Gasteiger partial charge in [0.1, 0.15) is 5.75 Å². The quantitative estimate of drug-likeness (QED) is 0.771. The van der Waals surface area contributed by atoms with E-state index < -0.39 is 11.9 Å². The molecule has 2 rings (SSSR count). The summed E-state index contributed by atoms with van der Waals surface area (Å²) in [5.41, 5.74) is 1.73. The van der Waals surface area contributed by atoms with Crippen molar-refractivity contribution in [1.82, 2.24) is 0 Å². The molecule has 1 amide bonds. The molecule has 0 aromatic heterocycles. The maximum Gasteiger partial charge on any atom is 0.328 e. The normalized spacial score (nSPS) is 10.4. The Balaban J connectivity index is 1.87. The Labute approximate surface area is 134 Å². The third-order valence-electron chi connectivity index (χ3n) is 2.98. The molecule has 5 nitrogen and oxygen atoms in total. The molecule has 0 heterocycles. The van der Waals surface area contributed by atoms with Gasteiger partial charge >= 0.3 is 5.97 Å². The molecule has 0 unspecified atom stereocenters. The van der Waals surface area contributed by atoms with Gasteiger partial charge in [-0.1, -0.05) is 36.4 Å². The van der Waals surface area contributed by atoms with Gasteiger partial charge in [0.05, 0.1) is 6.61 Å².